The lowest BCUT2D eigenvalue weighted by Crippen LogP contribution is -2.60. The van der Waals surface area contributed by atoms with Crippen LogP contribution >= 0.6 is 0 Å². The third kappa shape index (κ3) is 5.79. The van der Waals surface area contributed by atoms with Gasteiger partial charge in [-0.1, -0.05) is 30.3 Å². The first-order valence-corrected chi connectivity index (χ1v) is 10.8. The number of nitrogens with two attached hydrogens (primary N) is 1. The zero-order valence-corrected chi connectivity index (χ0v) is 18.6. The first kappa shape index (κ1) is 22.7. The minimum Gasteiger partial charge on any atom is -0.368 e. The SMILES string of the molecule is CNC(=O)C1CN(CCc2ccccc2)CCN1C(=O)CCc1c(C)nc(N)nc1C. The smallest absolute Gasteiger partial charge is 0.243 e. The molecule has 31 heavy (non-hydrogen) atoms. The number of anilines is 1. The Morgan fingerprint density at radius 1 is 1.10 bits per heavy atom. The highest BCUT2D eigenvalue weighted by atomic mass is 16.2. The number of hydrogen-bond donors (Lipinski definition) is 2. The van der Waals surface area contributed by atoms with Crippen molar-refractivity contribution in [1.29, 1.82) is 0 Å². The molecule has 1 unspecified atom stereocenters. The predicted octanol–water partition coefficient (Wildman–Crippen LogP) is 1.11. The molecular formula is C23H32N6O2. The molecule has 2 amide bonds. The van der Waals surface area contributed by atoms with E-state index in [4.69, 9.17) is 5.73 Å². The molecule has 1 atom stereocenters. The third-order valence-electron chi connectivity index (χ3n) is 5.92. The van der Waals surface area contributed by atoms with Gasteiger partial charge in [0.15, 0.2) is 0 Å². The van der Waals surface area contributed by atoms with Gasteiger partial charge in [-0.3, -0.25) is 14.5 Å². The van der Waals surface area contributed by atoms with Crippen LogP contribution in [-0.2, 0) is 22.4 Å². The number of carbonyl (C=O) groups excluding carboxylic acids is 2. The summed E-state index contributed by atoms with van der Waals surface area (Å²) in [5.41, 5.74) is 9.51. The molecule has 8 nitrogen and oxygen atoms in total. The van der Waals surface area contributed by atoms with Gasteiger partial charge in [0.2, 0.25) is 17.8 Å². The van der Waals surface area contributed by atoms with Gasteiger partial charge >= 0.3 is 0 Å². The number of carbonyl (C=O) groups is 2. The molecule has 1 aromatic heterocycles. The van der Waals surface area contributed by atoms with Gasteiger partial charge in [-0.05, 0) is 37.8 Å². The minimum atomic E-state index is -0.480. The van der Waals surface area contributed by atoms with E-state index >= 15 is 0 Å². The molecule has 3 rings (SSSR count). The molecule has 1 aliphatic rings. The highest BCUT2D eigenvalue weighted by Gasteiger charge is 2.34. The minimum absolute atomic E-state index is 0.0214. The van der Waals surface area contributed by atoms with Crippen LogP contribution in [0.4, 0.5) is 5.95 Å². The second kappa shape index (κ2) is 10.3. The van der Waals surface area contributed by atoms with Crippen molar-refractivity contribution in [3.8, 4) is 0 Å². The second-order valence-electron chi connectivity index (χ2n) is 7.98. The van der Waals surface area contributed by atoms with Crippen LogP contribution in [0.3, 0.4) is 0 Å². The summed E-state index contributed by atoms with van der Waals surface area (Å²) < 4.78 is 0. The van der Waals surface area contributed by atoms with Gasteiger partial charge in [0, 0.05) is 51.0 Å². The van der Waals surface area contributed by atoms with E-state index in [1.54, 1.807) is 11.9 Å². The topological polar surface area (TPSA) is 104 Å². The molecule has 2 heterocycles. The predicted molar refractivity (Wildman–Crippen MR) is 120 cm³/mol. The van der Waals surface area contributed by atoms with E-state index in [0.29, 0.717) is 25.9 Å². The number of aromatic nitrogens is 2. The van der Waals surface area contributed by atoms with Gasteiger partial charge in [0.05, 0.1) is 0 Å². The number of benzene rings is 1. The summed E-state index contributed by atoms with van der Waals surface area (Å²) in [6, 6.07) is 9.83. The number of likely N-dealkylation sites (N-methyl/N-ethyl adjacent to an activating group) is 1. The molecule has 0 radical (unpaired) electrons. The Hall–Kier alpha value is -3.00. The Morgan fingerprint density at radius 2 is 1.77 bits per heavy atom. The van der Waals surface area contributed by atoms with Crippen LogP contribution < -0.4 is 11.1 Å². The van der Waals surface area contributed by atoms with Crippen LogP contribution in [-0.4, -0.2) is 70.9 Å². The number of rotatable bonds is 7. The first-order chi connectivity index (χ1) is 14.9. The Labute approximate surface area is 183 Å². The molecule has 1 aliphatic heterocycles. The van der Waals surface area contributed by atoms with Crippen LogP contribution in [0.1, 0.15) is 28.9 Å². The fourth-order valence-electron chi connectivity index (χ4n) is 4.17. The van der Waals surface area contributed by atoms with Crippen molar-refractivity contribution in [3.63, 3.8) is 0 Å². The van der Waals surface area contributed by atoms with E-state index in [1.807, 2.05) is 32.0 Å². The molecule has 1 aromatic carbocycles. The molecule has 1 fully saturated rings. The van der Waals surface area contributed by atoms with E-state index in [9.17, 15) is 9.59 Å². The van der Waals surface area contributed by atoms with E-state index in [0.717, 1.165) is 36.5 Å². The fraction of sp³-hybridized carbons (Fsp3) is 0.478. The maximum atomic E-state index is 13.0. The largest absolute Gasteiger partial charge is 0.368 e. The highest BCUT2D eigenvalue weighted by molar-refractivity contribution is 5.88. The second-order valence-corrected chi connectivity index (χ2v) is 7.98. The number of aryl methyl sites for hydroxylation is 2. The fourth-order valence-corrected chi connectivity index (χ4v) is 4.17. The molecule has 0 aliphatic carbocycles. The van der Waals surface area contributed by atoms with Gasteiger partial charge < -0.3 is 16.0 Å². The van der Waals surface area contributed by atoms with E-state index in [2.05, 4.69) is 32.3 Å². The summed E-state index contributed by atoms with van der Waals surface area (Å²) in [5.74, 6) is 0.101. The monoisotopic (exact) mass is 424 g/mol. The van der Waals surface area contributed by atoms with E-state index < -0.39 is 6.04 Å². The molecule has 1 saturated heterocycles. The molecule has 8 heteroatoms. The molecule has 166 valence electrons. The molecule has 2 aromatic rings. The van der Waals surface area contributed by atoms with Crippen LogP contribution in [0.25, 0.3) is 0 Å². The third-order valence-corrected chi connectivity index (χ3v) is 5.92. The average Bonchev–Trinajstić information content (AvgIpc) is 2.76. The van der Waals surface area contributed by atoms with Crippen molar-refractivity contribution in [1.82, 2.24) is 25.1 Å². The van der Waals surface area contributed by atoms with Crippen molar-refractivity contribution in [3.05, 3.63) is 52.8 Å². The molecule has 3 N–H and O–H groups in total. The molecule has 0 spiro atoms. The van der Waals surface area contributed by atoms with E-state index in [-0.39, 0.29) is 17.8 Å². The number of hydrogen-bond acceptors (Lipinski definition) is 6. The van der Waals surface area contributed by atoms with Gasteiger partial charge in [-0.2, -0.15) is 0 Å². The lowest BCUT2D eigenvalue weighted by atomic mass is 10.0. The van der Waals surface area contributed by atoms with Crippen LogP contribution in [0.15, 0.2) is 30.3 Å². The molecule has 0 saturated carbocycles. The number of nitrogens with one attached hydrogen (secondary N) is 1. The Bertz CT molecular complexity index is 895. The summed E-state index contributed by atoms with van der Waals surface area (Å²) >= 11 is 0. The van der Waals surface area contributed by atoms with Crippen molar-refractivity contribution in [2.45, 2.75) is 39.2 Å². The highest BCUT2D eigenvalue weighted by Crippen LogP contribution is 2.17. The van der Waals surface area contributed by atoms with Crippen molar-refractivity contribution >= 4 is 17.8 Å². The van der Waals surface area contributed by atoms with E-state index in [1.165, 1.54) is 5.56 Å². The number of piperazine rings is 1. The summed E-state index contributed by atoms with van der Waals surface area (Å²) in [6.45, 7) is 6.46. The summed E-state index contributed by atoms with van der Waals surface area (Å²) in [5, 5.41) is 2.72. The van der Waals surface area contributed by atoms with Crippen molar-refractivity contribution in [2.75, 3.05) is 39.0 Å². The van der Waals surface area contributed by atoms with Gasteiger partial charge in [-0.25, -0.2) is 9.97 Å². The van der Waals surface area contributed by atoms with Gasteiger partial charge in [0.25, 0.3) is 0 Å². The molecular weight excluding hydrogens is 392 g/mol. The molecule has 0 bridgehead atoms. The van der Waals surface area contributed by atoms with Crippen LogP contribution in [0.5, 0.6) is 0 Å². The quantitative estimate of drug-likeness (QED) is 0.690. The van der Waals surface area contributed by atoms with Crippen LogP contribution in [0.2, 0.25) is 0 Å². The van der Waals surface area contributed by atoms with Crippen LogP contribution in [0, 0.1) is 13.8 Å². The zero-order valence-electron chi connectivity index (χ0n) is 18.6. The van der Waals surface area contributed by atoms with Gasteiger partial charge in [-0.15, -0.1) is 0 Å². The lowest BCUT2D eigenvalue weighted by Gasteiger charge is -2.40. The Morgan fingerprint density at radius 3 is 2.42 bits per heavy atom. The zero-order chi connectivity index (χ0) is 22.4. The number of nitrogen functional groups attached to an aromatic ring is 1. The van der Waals surface area contributed by atoms with Gasteiger partial charge in [0.1, 0.15) is 6.04 Å². The maximum absolute atomic E-state index is 13.0. The normalized spacial score (nSPS) is 16.9. The first-order valence-electron chi connectivity index (χ1n) is 10.8. The van der Waals surface area contributed by atoms with Crippen molar-refractivity contribution in [2.24, 2.45) is 0 Å². The number of nitrogens with zero attached hydrogens (tertiary/aromatic N) is 4. The Kier molecular flexibility index (Phi) is 7.57. The summed E-state index contributed by atoms with van der Waals surface area (Å²) in [7, 11) is 1.62. The average molecular weight is 425 g/mol. The Balaban J connectivity index is 1.62. The summed E-state index contributed by atoms with van der Waals surface area (Å²) in [4.78, 5) is 38.0. The lowest BCUT2D eigenvalue weighted by molar-refractivity contribution is -0.143. The standard InChI is InChI=1S/C23H32N6O2/c1-16-19(17(2)27-23(24)26-16)9-10-21(30)29-14-13-28(15-20(29)22(31)25-3)12-11-18-7-5-4-6-8-18/h4-8,20H,9-15H2,1-3H3,(H,25,31)(H2,24,26,27). The number of amides is 2. The summed E-state index contributed by atoms with van der Waals surface area (Å²) in [6.07, 6.45) is 1.77. The maximum Gasteiger partial charge on any atom is 0.243 e. The van der Waals surface area contributed by atoms with Crippen molar-refractivity contribution < 1.29 is 9.59 Å².